The summed E-state index contributed by atoms with van der Waals surface area (Å²) in [6.45, 7) is 3.92. The second-order valence-corrected chi connectivity index (χ2v) is 5.73. The van der Waals surface area contributed by atoms with Gasteiger partial charge in [-0.3, -0.25) is 0 Å². The minimum absolute atomic E-state index is 0.862. The average Bonchev–Trinajstić information content (AvgIpc) is 2.62. The monoisotopic (exact) mass is 312 g/mol. The average molecular weight is 312 g/mol. The van der Waals surface area contributed by atoms with Gasteiger partial charge in [0.05, 0.1) is 7.11 Å². The lowest BCUT2D eigenvalue weighted by atomic mass is 10.1. The third kappa shape index (κ3) is 3.22. The normalized spacial score (nSPS) is 14.8. The van der Waals surface area contributed by atoms with Gasteiger partial charge in [-0.05, 0) is 36.4 Å². The minimum atomic E-state index is 0.862. The van der Waals surface area contributed by atoms with Crippen molar-refractivity contribution in [1.82, 2.24) is 4.90 Å². The van der Waals surface area contributed by atoms with E-state index in [1.165, 1.54) is 5.69 Å². The molecule has 2 aromatic rings. The standard InChI is InChI=1S/C18H20N2OS/c1-21-17-9-7-15(8-10-17)18(22)20-13-11-19(12-14-20)16-5-3-2-4-6-16/h2-10H,11-14H2,1H3. The summed E-state index contributed by atoms with van der Waals surface area (Å²) in [6.07, 6.45) is 0. The fourth-order valence-electron chi connectivity index (χ4n) is 2.72. The molecule has 0 bridgehead atoms. The summed E-state index contributed by atoms with van der Waals surface area (Å²) in [6, 6.07) is 18.5. The maximum Gasteiger partial charge on any atom is 0.118 e. The SMILES string of the molecule is COc1ccc(C(=S)N2CCN(c3ccccc3)CC2)cc1. The second kappa shape index (κ2) is 6.79. The first kappa shape index (κ1) is 14.9. The molecule has 2 aromatic carbocycles. The van der Waals surface area contributed by atoms with E-state index in [-0.39, 0.29) is 0 Å². The molecule has 0 aliphatic carbocycles. The zero-order valence-corrected chi connectivity index (χ0v) is 13.6. The lowest BCUT2D eigenvalue weighted by molar-refractivity contribution is 0.392. The smallest absolute Gasteiger partial charge is 0.118 e. The summed E-state index contributed by atoms with van der Waals surface area (Å²) < 4.78 is 5.19. The van der Waals surface area contributed by atoms with Crippen molar-refractivity contribution in [2.24, 2.45) is 0 Å². The summed E-state index contributed by atoms with van der Waals surface area (Å²) in [7, 11) is 1.68. The van der Waals surface area contributed by atoms with Crippen LogP contribution in [0, 0.1) is 0 Å². The van der Waals surface area contributed by atoms with Crippen LogP contribution in [0.3, 0.4) is 0 Å². The van der Waals surface area contributed by atoms with Crippen LogP contribution in [-0.4, -0.2) is 43.2 Å². The molecule has 0 atom stereocenters. The van der Waals surface area contributed by atoms with Gasteiger partial charge in [0, 0.05) is 37.4 Å². The van der Waals surface area contributed by atoms with Crippen molar-refractivity contribution in [2.75, 3.05) is 38.2 Å². The number of nitrogens with zero attached hydrogens (tertiary/aromatic N) is 2. The highest BCUT2D eigenvalue weighted by molar-refractivity contribution is 7.80. The first-order valence-electron chi connectivity index (χ1n) is 7.51. The molecule has 0 N–H and O–H groups in total. The molecule has 3 nitrogen and oxygen atoms in total. The van der Waals surface area contributed by atoms with Gasteiger partial charge in [0.25, 0.3) is 0 Å². The topological polar surface area (TPSA) is 15.7 Å². The molecule has 22 heavy (non-hydrogen) atoms. The highest BCUT2D eigenvalue weighted by Crippen LogP contribution is 2.18. The number of methoxy groups -OCH3 is 1. The molecule has 3 rings (SSSR count). The van der Waals surface area contributed by atoms with E-state index in [1.54, 1.807) is 7.11 Å². The predicted octanol–water partition coefficient (Wildman–Crippen LogP) is 3.19. The van der Waals surface area contributed by atoms with Gasteiger partial charge in [0.2, 0.25) is 0 Å². The Kier molecular flexibility index (Phi) is 4.59. The molecule has 0 unspecified atom stereocenters. The molecule has 1 saturated heterocycles. The number of hydrogen-bond donors (Lipinski definition) is 0. The van der Waals surface area contributed by atoms with Crippen molar-refractivity contribution in [3.8, 4) is 5.75 Å². The van der Waals surface area contributed by atoms with Crippen LogP contribution in [0.4, 0.5) is 5.69 Å². The van der Waals surface area contributed by atoms with E-state index >= 15 is 0 Å². The molecule has 0 aromatic heterocycles. The zero-order chi connectivity index (χ0) is 15.4. The van der Waals surface area contributed by atoms with Crippen LogP contribution in [0.15, 0.2) is 54.6 Å². The van der Waals surface area contributed by atoms with Crippen molar-refractivity contribution >= 4 is 22.9 Å². The second-order valence-electron chi connectivity index (χ2n) is 5.34. The molecule has 1 aliphatic heterocycles. The highest BCUT2D eigenvalue weighted by Gasteiger charge is 2.19. The third-order valence-electron chi connectivity index (χ3n) is 4.03. The van der Waals surface area contributed by atoms with Crippen LogP contribution in [0.2, 0.25) is 0 Å². The van der Waals surface area contributed by atoms with E-state index in [0.717, 1.165) is 42.5 Å². The predicted molar refractivity (Wildman–Crippen MR) is 94.9 cm³/mol. The molecule has 0 spiro atoms. The first-order chi connectivity index (χ1) is 10.8. The Morgan fingerprint density at radius 1 is 0.909 bits per heavy atom. The van der Waals surface area contributed by atoms with E-state index in [0.29, 0.717) is 0 Å². The lowest BCUT2D eigenvalue weighted by Crippen LogP contribution is -2.48. The molecule has 114 valence electrons. The number of piperazine rings is 1. The highest BCUT2D eigenvalue weighted by atomic mass is 32.1. The third-order valence-corrected chi connectivity index (χ3v) is 4.52. The summed E-state index contributed by atoms with van der Waals surface area (Å²) in [4.78, 5) is 5.62. The number of rotatable bonds is 3. The van der Waals surface area contributed by atoms with Crippen LogP contribution < -0.4 is 9.64 Å². The number of anilines is 1. The maximum atomic E-state index is 5.64. The molecule has 4 heteroatoms. The van der Waals surface area contributed by atoms with Gasteiger partial charge in [-0.15, -0.1) is 0 Å². The van der Waals surface area contributed by atoms with Crippen molar-refractivity contribution in [1.29, 1.82) is 0 Å². The van der Waals surface area contributed by atoms with Gasteiger partial charge in [0.1, 0.15) is 10.7 Å². The Bertz CT molecular complexity index is 619. The van der Waals surface area contributed by atoms with Gasteiger partial charge in [-0.2, -0.15) is 0 Å². The lowest BCUT2D eigenvalue weighted by Gasteiger charge is -2.37. The largest absolute Gasteiger partial charge is 0.497 e. The molecule has 0 radical (unpaired) electrons. The molecular weight excluding hydrogens is 292 g/mol. The summed E-state index contributed by atoms with van der Waals surface area (Å²) >= 11 is 5.64. The number of ether oxygens (including phenoxy) is 1. The number of para-hydroxylation sites is 1. The van der Waals surface area contributed by atoms with Crippen LogP contribution in [-0.2, 0) is 0 Å². The van der Waals surface area contributed by atoms with E-state index in [1.807, 2.05) is 24.3 Å². The molecular formula is C18H20N2OS. The number of thiocarbonyl (C=S) groups is 1. The molecule has 1 aliphatic rings. The Labute approximate surface area is 137 Å². The van der Waals surface area contributed by atoms with Crippen molar-refractivity contribution in [3.05, 3.63) is 60.2 Å². The Hall–Kier alpha value is -2.07. The van der Waals surface area contributed by atoms with Gasteiger partial charge < -0.3 is 14.5 Å². The molecule has 1 fully saturated rings. The molecule has 0 saturated carbocycles. The van der Waals surface area contributed by atoms with Crippen molar-refractivity contribution in [3.63, 3.8) is 0 Å². The van der Waals surface area contributed by atoms with Gasteiger partial charge in [0.15, 0.2) is 0 Å². The summed E-state index contributed by atoms with van der Waals surface area (Å²) in [5.41, 5.74) is 2.38. The van der Waals surface area contributed by atoms with Crippen LogP contribution >= 0.6 is 12.2 Å². The van der Waals surface area contributed by atoms with Gasteiger partial charge in [-0.1, -0.05) is 30.4 Å². The van der Waals surface area contributed by atoms with E-state index in [4.69, 9.17) is 17.0 Å². The Morgan fingerprint density at radius 2 is 1.55 bits per heavy atom. The fraction of sp³-hybridized carbons (Fsp3) is 0.278. The zero-order valence-electron chi connectivity index (χ0n) is 12.7. The van der Waals surface area contributed by atoms with Gasteiger partial charge >= 0.3 is 0 Å². The van der Waals surface area contributed by atoms with Crippen LogP contribution in [0.25, 0.3) is 0 Å². The van der Waals surface area contributed by atoms with E-state index < -0.39 is 0 Å². The maximum absolute atomic E-state index is 5.64. The molecule has 1 heterocycles. The first-order valence-corrected chi connectivity index (χ1v) is 7.92. The quantitative estimate of drug-likeness (QED) is 0.809. The molecule has 0 amide bonds. The minimum Gasteiger partial charge on any atom is -0.497 e. The van der Waals surface area contributed by atoms with Crippen LogP contribution in [0.1, 0.15) is 5.56 Å². The number of hydrogen-bond acceptors (Lipinski definition) is 3. The van der Waals surface area contributed by atoms with Crippen molar-refractivity contribution < 1.29 is 4.74 Å². The Morgan fingerprint density at radius 3 is 2.14 bits per heavy atom. The van der Waals surface area contributed by atoms with Crippen molar-refractivity contribution in [2.45, 2.75) is 0 Å². The van der Waals surface area contributed by atoms with Gasteiger partial charge in [-0.25, -0.2) is 0 Å². The number of benzene rings is 2. The summed E-state index contributed by atoms with van der Waals surface area (Å²) in [5, 5.41) is 0. The van der Waals surface area contributed by atoms with E-state index in [9.17, 15) is 0 Å². The van der Waals surface area contributed by atoms with E-state index in [2.05, 4.69) is 40.1 Å². The summed E-state index contributed by atoms with van der Waals surface area (Å²) in [5.74, 6) is 0.862. The fourth-order valence-corrected chi connectivity index (χ4v) is 3.04. The van der Waals surface area contributed by atoms with Crippen LogP contribution in [0.5, 0.6) is 5.75 Å². The Balaban J connectivity index is 1.62.